The molecule has 3 aromatic rings. The van der Waals surface area contributed by atoms with E-state index in [1.165, 1.54) is 16.8 Å². The smallest absolute Gasteiger partial charge is 0.276 e. The number of aryl methyl sites for hydroxylation is 1. The van der Waals surface area contributed by atoms with Gasteiger partial charge in [-0.3, -0.25) is 9.59 Å². The van der Waals surface area contributed by atoms with Crippen LogP contribution in [0.1, 0.15) is 36.7 Å². The molecule has 1 aromatic heterocycles. The molecule has 1 N–H and O–H groups in total. The van der Waals surface area contributed by atoms with Gasteiger partial charge < -0.3 is 5.32 Å². The van der Waals surface area contributed by atoms with Crippen LogP contribution in [0.4, 0.5) is 5.69 Å². The molecule has 1 heterocycles. The Labute approximate surface area is 169 Å². The predicted octanol–water partition coefficient (Wildman–Crippen LogP) is 3.24. The fourth-order valence-corrected chi connectivity index (χ4v) is 3.73. The number of carbonyl (C=O) groups excluding carboxylic acids is 1. The van der Waals surface area contributed by atoms with Gasteiger partial charge in [-0.2, -0.15) is 5.10 Å². The lowest BCUT2D eigenvalue weighted by molar-refractivity contribution is 0.102. The van der Waals surface area contributed by atoms with Crippen molar-refractivity contribution in [3.8, 4) is 0 Å². The maximum absolute atomic E-state index is 12.9. The number of fused-ring (bicyclic) bond motifs is 1. The van der Waals surface area contributed by atoms with Gasteiger partial charge in [-0.1, -0.05) is 44.0 Å². The van der Waals surface area contributed by atoms with Crippen molar-refractivity contribution < 1.29 is 13.2 Å². The lowest BCUT2D eigenvalue weighted by Crippen LogP contribution is -2.27. The average Bonchev–Trinajstić information content (AvgIpc) is 2.69. The molecule has 7 nitrogen and oxygen atoms in total. The number of amides is 1. The van der Waals surface area contributed by atoms with Crippen LogP contribution < -0.4 is 10.9 Å². The van der Waals surface area contributed by atoms with E-state index in [1.54, 1.807) is 36.4 Å². The Balaban J connectivity index is 2.01. The van der Waals surface area contributed by atoms with E-state index >= 15 is 0 Å². The monoisotopic (exact) mass is 413 g/mol. The highest BCUT2D eigenvalue weighted by Gasteiger charge is 2.17. The van der Waals surface area contributed by atoms with Crippen molar-refractivity contribution in [3.05, 3.63) is 64.6 Å². The molecule has 3 rings (SSSR count). The topological polar surface area (TPSA) is 98.1 Å². The molecule has 0 fully saturated rings. The summed E-state index contributed by atoms with van der Waals surface area (Å²) in [6, 6.07) is 12.9. The normalized spacial score (nSPS) is 11.5. The lowest BCUT2D eigenvalue weighted by Gasteiger charge is -2.11. The zero-order valence-electron chi connectivity index (χ0n) is 16.4. The quantitative estimate of drug-likeness (QED) is 0.600. The molecule has 0 saturated heterocycles. The van der Waals surface area contributed by atoms with Gasteiger partial charge >= 0.3 is 0 Å². The van der Waals surface area contributed by atoms with Gasteiger partial charge in [-0.05, 0) is 30.7 Å². The predicted molar refractivity (Wildman–Crippen MR) is 113 cm³/mol. The number of hydrogen-bond acceptors (Lipinski definition) is 5. The van der Waals surface area contributed by atoms with Gasteiger partial charge in [0.2, 0.25) is 0 Å². The van der Waals surface area contributed by atoms with E-state index in [9.17, 15) is 18.0 Å². The van der Waals surface area contributed by atoms with Crippen LogP contribution in [0, 0.1) is 0 Å². The van der Waals surface area contributed by atoms with Crippen LogP contribution in [0.3, 0.4) is 0 Å². The van der Waals surface area contributed by atoms with E-state index < -0.39 is 15.7 Å². The number of carbonyl (C=O) groups is 1. The number of rotatable bonds is 7. The molecule has 0 bridgehead atoms. The summed E-state index contributed by atoms with van der Waals surface area (Å²) < 4.78 is 24.9. The van der Waals surface area contributed by atoms with E-state index in [4.69, 9.17) is 0 Å². The molecule has 0 radical (unpaired) electrons. The second-order valence-electron chi connectivity index (χ2n) is 6.88. The van der Waals surface area contributed by atoms with Crippen LogP contribution >= 0.6 is 0 Å². The zero-order valence-corrected chi connectivity index (χ0v) is 17.2. The van der Waals surface area contributed by atoms with Crippen LogP contribution in [0.5, 0.6) is 0 Å². The van der Waals surface area contributed by atoms with Gasteiger partial charge in [-0.15, -0.1) is 0 Å². The molecule has 0 aliphatic carbocycles. The van der Waals surface area contributed by atoms with Gasteiger partial charge in [0.05, 0.1) is 10.3 Å². The number of nitrogens with zero attached hydrogens (tertiary/aromatic N) is 2. The second kappa shape index (κ2) is 8.57. The van der Waals surface area contributed by atoms with Crippen LogP contribution in [-0.4, -0.2) is 30.4 Å². The molecule has 2 aromatic carbocycles. The fourth-order valence-electron chi connectivity index (χ4n) is 3.06. The summed E-state index contributed by atoms with van der Waals surface area (Å²) in [6.07, 6.45) is 3.86. The standard InChI is InChI=1S/C21H23N3O4S/c1-3-4-7-13-24-21(26)18-12-6-5-11-17(18)19(23-24)20(25)22-15-9-8-10-16(14-15)29(2,27)28/h5-6,8-12,14H,3-4,7,13H2,1-2H3,(H,22,25). The van der Waals surface area contributed by atoms with Crippen molar-refractivity contribution in [3.63, 3.8) is 0 Å². The minimum Gasteiger partial charge on any atom is -0.321 e. The largest absolute Gasteiger partial charge is 0.321 e. The van der Waals surface area contributed by atoms with Crippen molar-refractivity contribution in [2.24, 2.45) is 0 Å². The number of nitrogens with one attached hydrogen (secondary N) is 1. The molecule has 0 aliphatic heterocycles. The number of benzene rings is 2. The first-order valence-electron chi connectivity index (χ1n) is 9.42. The van der Waals surface area contributed by atoms with Gasteiger partial charge in [0.15, 0.2) is 15.5 Å². The number of sulfone groups is 1. The van der Waals surface area contributed by atoms with Crippen LogP contribution in [0.25, 0.3) is 10.8 Å². The summed E-state index contributed by atoms with van der Waals surface area (Å²) in [7, 11) is -3.40. The molecule has 1 amide bonds. The van der Waals surface area contributed by atoms with Gasteiger partial charge in [0.1, 0.15) is 0 Å². The highest BCUT2D eigenvalue weighted by molar-refractivity contribution is 7.90. The minimum atomic E-state index is -3.40. The first-order chi connectivity index (χ1) is 13.8. The number of aromatic nitrogens is 2. The number of anilines is 1. The molecule has 152 valence electrons. The minimum absolute atomic E-state index is 0.109. The average molecular weight is 413 g/mol. The molecule has 8 heteroatoms. The first-order valence-corrected chi connectivity index (χ1v) is 11.3. The second-order valence-corrected chi connectivity index (χ2v) is 8.90. The summed E-state index contributed by atoms with van der Waals surface area (Å²) in [5, 5.41) is 7.89. The van der Waals surface area contributed by atoms with Crippen LogP contribution in [-0.2, 0) is 16.4 Å². The highest BCUT2D eigenvalue weighted by atomic mass is 32.2. The van der Waals surface area contributed by atoms with Crippen molar-refractivity contribution in [2.75, 3.05) is 11.6 Å². The Bertz CT molecular complexity index is 1220. The van der Waals surface area contributed by atoms with E-state index in [0.29, 0.717) is 23.0 Å². The van der Waals surface area contributed by atoms with Crippen molar-refractivity contribution in [1.29, 1.82) is 0 Å². The Morgan fingerprint density at radius 1 is 1.07 bits per heavy atom. The SMILES string of the molecule is CCCCCn1nc(C(=O)Nc2cccc(S(C)(=O)=O)c2)c2ccccc2c1=O. The molecule has 29 heavy (non-hydrogen) atoms. The van der Waals surface area contributed by atoms with Gasteiger partial charge in [0, 0.05) is 23.9 Å². The maximum Gasteiger partial charge on any atom is 0.276 e. The number of unbranched alkanes of at least 4 members (excludes halogenated alkanes) is 2. The summed E-state index contributed by atoms with van der Waals surface area (Å²) >= 11 is 0. The van der Waals surface area contributed by atoms with Crippen molar-refractivity contribution in [2.45, 2.75) is 37.6 Å². The first kappa shape index (κ1) is 20.7. The molecule has 0 atom stereocenters. The van der Waals surface area contributed by atoms with E-state index in [1.807, 2.05) is 0 Å². The third kappa shape index (κ3) is 4.71. The highest BCUT2D eigenvalue weighted by Crippen LogP contribution is 2.18. The summed E-state index contributed by atoms with van der Waals surface area (Å²) in [6.45, 7) is 2.50. The Morgan fingerprint density at radius 2 is 1.79 bits per heavy atom. The molecule has 0 saturated carbocycles. The van der Waals surface area contributed by atoms with E-state index in [0.717, 1.165) is 25.5 Å². The fraction of sp³-hybridized carbons (Fsp3) is 0.286. The van der Waals surface area contributed by atoms with E-state index in [-0.39, 0.29) is 16.1 Å². The van der Waals surface area contributed by atoms with Crippen LogP contribution in [0.15, 0.2) is 58.2 Å². The molecule has 0 spiro atoms. The van der Waals surface area contributed by atoms with Crippen molar-refractivity contribution in [1.82, 2.24) is 9.78 Å². The lowest BCUT2D eigenvalue weighted by atomic mass is 10.1. The van der Waals surface area contributed by atoms with E-state index in [2.05, 4.69) is 17.3 Å². The Kier molecular flexibility index (Phi) is 6.12. The van der Waals surface area contributed by atoms with Gasteiger partial charge in [0.25, 0.3) is 11.5 Å². The third-order valence-corrected chi connectivity index (χ3v) is 5.69. The Morgan fingerprint density at radius 3 is 2.48 bits per heavy atom. The molecule has 0 aliphatic rings. The third-order valence-electron chi connectivity index (χ3n) is 4.58. The van der Waals surface area contributed by atoms with Crippen LogP contribution in [0.2, 0.25) is 0 Å². The molecular formula is C21H23N3O4S. The van der Waals surface area contributed by atoms with Gasteiger partial charge in [-0.25, -0.2) is 13.1 Å². The summed E-state index contributed by atoms with van der Waals surface area (Å²) in [4.78, 5) is 25.8. The Hall–Kier alpha value is -3.00. The maximum atomic E-state index is 12.9. The molecular weight excluding hydrogens is 390 g/mol. The zero-order chi connectivity index (χ0) is 21.0. The number of hydrogen-bond donors (Lipinski definition) is 1. The molecule has 0 unspecified atom stereocenters. The van der Waals surface area contributed by atoms with Crippen molar-refractivity contribution >= 4 is 32.2 Å². The summed E-state index contributed by atoms with van der Waals surface area (Å²) in [5.41, 5.74) is 0.237. The summed E-state index contributed by atoms with van der Waals surface area (Å²) in [5.74, 6) is -0.504.